The van der Waals surface area contributed by atoms with Gasteiger partial charge in [-0.25, -0.2) is 4.99 Å². The fourth-order valence-corrected chi connectivity index (χ4v) is 0.811. The van der Waals surface area contributed by atoms with Gasteiger partial charge in [-0.3, -0.25) is 0 Å². The Balaban J connectivity index is 2.86. The molecule has 0 saturated carbocycles. The number of halogens is 2. The van der Waals surface area contributed by atoms with Crippen molar-refractivity contribution in [3.05, 3.63) is 12.4 Å². The molecule has 0 radical (unpaired) electrons. The van der Waals surface area contributed by atoms with Crippen LogP contribution in [-0.2, 0) is 0 Å². The van der Waals surface area contributed by atoms with Crippen LogP contribution < -0.4 is 5.32 Å². The molecule has 0 fully saturated rings. The zero-order chi connectivity index (χ0) is 6.85. The molecule has 3 nitrogen and oxygen atoms in total. The Bertz CT molecular complexity index is 206. The zero-order valence-electron chi connectivity index (χ0n) is 4.36. The third-order valence-corrected chi connectivity index (χ3v) is 1.01. The van der Waals surface area contributed by atoms with Gasteiger partial charge in [-0.1, -0.05) is 6.58 Å². The van der Waals surface area contributed by atoms with Crippen LogP contribution in [-0.4, -0.2) is 10.6 Å². The molecule has 1 N–H and O–H groups in total. The van der Waals surface area contributed by atoms with Crippen LogP contribution in [0.4, 0.5) is 0 Å². The Kier molecular flexibility index (Phi) is 1.73. The van der Waals surface area contributed by atoms with Gasteiger partial charge in [0.2, 0.25) is 10.6 Å². The van der Waals surface area contributed by atoms with E-state index < -0.39 is 0 Å². The minimum absolute atomic E-state index is 0.101. The summed E-state index contributed by atoms with van der Waals surface area (Å²) >= 11 is 10.8. The van der Waals surface area contributed by atoms with Crippen molar-refractivity contribution in [2.75, 3.05) is 0 Å². The summed E-state index contributed by atoms with van der Waals surface area (Å²) in [5, 5.41) is 2.85. The Morgan fingerprint density at radius 2 is 2.00 bits per heavy atom. The van der Waals surface area contributed by atoms with Gasteiger partial charge >= 0.3 is 0 Å². The maximum Gasteiger partial charge on any atom is 0.227 e. The van der Waals surface area contributed by atoms with Crippen molar-refractivity contribution in [3.63, 3.8) is 0 Å². The number of rotatable bonds is 0. The Morgan fingerprint density at radius 3 is 2.44 bits per heavy atom. The second kappa shape index (κ2) is 2.37. The van der Waals surface area contributed by atoms with Crippen molar-refractivity contribution in [1.29, 1.82) is 0 Å². The molecule has 48 valence electrons. The summed E-state index contributed by atoms with van der Waals surface area (Å²) in [4.78, 5) is 7.20. The number of hydrogen-bond donors (Lipinski definition) is 1. The smallest absolute Gasteiger partial charge is 0.227 e. The molecular formula is C4H3Cl2N3. The zero-order valence-corrected chi connectivity index (χ0v) is 5.87. The van der Waals surface area contributed by atoms with E-state index >= 15 is 0 Å². The van der Waals surface area contributed by atoms with E-state index in [2.05, 4.69) is 21.9 Å². The molecule has 5 heteroatoms. The van der Waals surface area contributed by atoms with Crippen molar-refractivity contribution in [1.82, 2.24) is 5.32 Å². The average molecular weight is 164 g/mol. The molecule has 0 atom stereocenters. The van der Waals surface area contributed by atoms with Gasteiger partial charge in [0.25, 0.3) is 0 Å². The van der Waals surface area contributed by atoms with Crippen molar-refractivity contribution >= 4 is 33.8 Å². The number of amidine groups is 2. The highest BCUT2D eigenvalue weighted by molar-refractivity contribution is 6.71. The van der Waals surface area contributed by atoms with Crippen molar-refractivity contribution in [2.24, 2.45) is 9.98 Å². The van der Waals surface area contributed by atoms with Crippen LogP contribution in [0.25, 0.3) is 0 Å². The summed E-state index contributed by atoms with van der Waals surface area (Å²) in [6.07, 6.45) is 0. The molecule has 0 aromatic carbocycles. The lowest BCUT2D eigenvalue weighted by atomic mass is 10.7. The van der Waals surface area contributed by atoms with E-state index in [1.54, 1.807) is 0 Å². The highest BCUT2D eigenvalue weighted by atomic mass is 35.5. The fourth-order valence-electron chi connectivity index (χ4n) is 0.392. The normalized spacial score (nSPS) is 18.2. The van der Waals surface area contributed by atoms with Gasteiger partial charge < -0.3 is 5.32 Å². The predicted octanol–water partition coefficient (Wildman–Crippen LogP) is 1.25. The minimum atomic E-state index is 0.101. The van der Waals surface area contributed by atoms with Crippen molar-refractivity contribution in [2.45, 2.75) is 0 Å². The van der Waals surface area contributed by atoms with Crippen molar-refractivity contribution in [3.8, 4) is 0 Å². The second-order valence-electron chi connectivity index (χ2n) is 1.36. The first-order valence-electron chi connectivity index (χ1n) is 2.13. The number of nitrogens with one attached hydrogen (secondary N) is 1. The van der Waals surface area contributed by atoms with E-state index in [0.717, 1.165) is 0 Å². The molecule has 1 heterocycles. The van der Waals surface area contributed by atoms with E-state index in [0.29, 0.717) is 5.82 Å². The molecule has 0 spiro atoms. The summed E-state index contributed by atoms with van der Waals surface area (Å²) in [5.41, 5.74) is 0. The van der Waals surface area contributed by atoms with Gasteiger partial charge in [0, 0.05) is 0 Å². The molecule has 1 rings (SSSR count). The van der Waals surface area contributed by atoms with Gasteiger partial charge in [-0.15, -0.1) is 0 Å². The minimum Gasteiger partial charge on any atom is -0.315 e. The highest BCUT2D eigenvalue weighted by Crippen LogP contribution is 2.02. The third kappa shape index (κ3) is 1.69. The SMILES string of the molecule is C=C1N=C(Cl)N=C(Cl)N1. The average Bonchev–Trinajstić information content (AvgIpc) is 1.59. The van der Waals surface area contributed by atoms with Gasteiger partial charge in [-0.2, -0.15) is 4.99 Å². The summed E-state index contributed by atoms with van der Waals surface area (Å²) in [6.45, 7) is 3.47. The summed E-state index contributed by atoms with van der Waals surface area (Å²) < 4.78 is 0. The van der Waals surface area contributed by atoms with Crippen LogP contribution in [0.1, 0.15) is 0 Å². The Morgan fingerprint density at radius 1 is 1.33 bits per heavy atom. The number of nitrogens with zero attached hydrogens (tertiary/aromatic N) is 2. The van der Waals surface area contributed by atoms with Crippen LogP contribution in [0.3, 0.4) is 0 Å². The fraction of sp³-hybridized carbons (Fsp3) is 0. The van der Waals surface area contributed by atoms with E-state index in [1.165, 1.54) is 0 Å². The second-order valence-corrected chi connectivity index (χ2v) is 2.05. The van der Waals surface area contributed by atoms with Crippen LogP contribution in [0, 0.1) is 0 Å². The summed E-state index contributed by atoms with van der Waals surface area (Å²) in [7, 11) is 0. The lowest BCUT2D eigenvalue weighted by Crippen LogP contribution is -2.20. The summed E-state index contributed by atoms with van der Waals surface area (Å²) in [6, 6.07) is 0. The molecule has 1 aliphatic rings. The molecule has 0 aromatic rings. The monoisotopic (exact) mass is 163 g/mol. The van der Waals surface area contributed by atoms with E-state index in [9.17, 15) is 0 Å². The van der Waals surface area contributed by atoms with E-state index in [4.69, 9.17) is 23.2 Å². The molecule has 0 bridgehead atoms. The van der Waals surface area contributed by atoms with E-state index in [1.807, 2.05) is 0 Å². The molecule has 0 saturated heterocycles. The maximum absolute atomic E-state index is 5.42. The molecular weight excluding hydrogens is 161 g/mol. The first-order valence-corrected chi connectivity index (χ1v) is 2.88. The van der Waals surface area contributed by atoms with Crippen molar-refractivity contribution < 1.29 is 0 Å². The standard InChI is InChI=1S/C4H3Cl2N3/c1-2-7-3(5)9-4(6)8-2/h1H2,(H,7,8,9). The molecule has 0 aliphatic carbocycles. The van der Waals surface area contributed by atoms with Gasteiger partial charge in [-0.05, 0) is 23.2 Å². The van der Waals surface area contributed by atoms with Gasteiger partial charge in [0.15, 0.2) is 0 Å². The van der Waals surface area contributed by atoms with Gasteiger partial charge in [0.05, 0.1) is 0 Å². The highest BCUT2D eigenvalue weighted by Gasteiger charge is 2.04. The summed E-state index contributed by atoms with van der Waals surface area (Å²) in [5.74, 6) is 0.403. The molecule has 0 aromatic heterocycles. The largest absolute Gasteiger partial charge is 0.315 e. The topological polar surface area (TPSA) is 36.8 Å². The first-order chi connectivity index (χ1) is 4.18. The lowest BCUT2D eigenvalue weighted by molar-refractivity contribution is 1.09. The molecule has 0 unspecified atom stereocenters. The molecule has 9 heavy (non-hydrogen) atoms. The lowest BCUT2D eigenvalue weighted by Gasteiger charge is -2.05. The third-order valence-electron chi connectivity index (χ3n) is 0.665. The van der Waals surface area contributed by atoms with Crippen LogP contribution >= 0.6 is 23.2 Å². The first kappa shape index (κ1) is 6.58. The number of hydrogen-bond acceptors (Lipinski definition) is 3. The van der Waals surface area contributed by atoms with Gasteiger partial charge in [0.1, 0.15) is 5.82 Å². The molecule has 1 aliphatic heterocycles. The van der Waals surface area contributed by atoms with E-state index in [-0.39, 0.29) is 10.6 Å². The number of aliphatic imine (C=N–C) groups is 2. The Labute approximate surface area is 62.1 Å². The predicted molar refractivity (Wildman–Crippen MR) is 38.9 cm³/mol. The van der Waals surface area contributed by atoms with Crippen LogP contribution in [0.15, 0.2) is 22.4 Å². The quantitative estimate of drug-likeness (QED) is 0.537. The maximum atomic E-state index is 5.42. The Hall–Kier alpha value is -0.540. The van der Waals surface area contributed by atoms with Crippen LogP contribution in [0.2, 0.25) is 0 Å². The van der Waals surface area contributed by atoms with Crippen LogP contribution in [0.5, 0.6) is 0 Å². The molecule has 0 amide bonds.